The molecule has 0 aliphatic heterocycles. The minimum atomic E-state index is -1.08. The number of benzene rings is 1. The molecular weight excluding hydrogens is 250 g/mol. The Hall–Kier alpha value is -1.93. The highest BCUT2D eigenvalue weighted by molar-refractivity contribution is 7.98. The highest BCUT2D eigenvalue weighted by Crippen LogP contribution is 2.15. The Morgan fingerprint density at radius 2 is 2.00 bits per heavy atom. The Bertz CT molecular complexity index is 476. The van der Waals surface area contributed by atoms with Crippen LogP contribution in [0.15, 0.2) is 29.2 Å². The molecule has 0 unspecified atom stereocenters. The van der Waals surface area contributed by atoms with Crippen LogP contribution in [-0.4, -0.2) is 41.2 Å². The van der Waals surface area contributed by atoms with Crippen LogP contribution in [0.2, 0.25) is 0 Å². The summed E-state index contributed by atoms with van der Waals surface area (Å²) < 4.78 is 0. The average Bonchev–Trinajstić information content (AvgIpc) is 2.37. The van der Waals surface area contributed by atoms with E-state index in [0.29, 0.717) is 5.56 Å². The summed E-state index contributed by atoms with van der Waals surface area (Å²) in [5.41, 5.74) is 0.435. The minimum absolute atomic E-state index is 0.0184. The monoisotopic (exact) mass is 263 g/mol. The standard InChI is InChI=1S/C13H13NO3S/c1-3-8-14(9-12(15)16)13(17)10-4-6-11(18-2)7-5-10/h1,4-7H,8-9H2,2H3,(H,15,16). The zero-order valence-electron chi connectivity index (χ0n) is 9.92. The molecule has 0 aliphatic rings. The fourth-order valence-corrected chi connectivity index (χ4v) is 1.80. The van der Waals surface area contributed by atoms with Gasteiger partial charge in [-0.05, 0) is 30.5 Å². The summed E-state index contributed by atoms with van der Waals surface area (Å²) >= 11 is 1.57. The predicted molar refractivity (Wildman–Crippen MR) is 70.6 cm³/mol. The highest BCUT2D eigenvalue weighted by atomic mass is 32.2. The number of thioether (sulfide) groups is 1. The fourth-order valence-electron chi connectivity index (χ4n) is 1.39. The summed E-state index contributed by atoms with van der Waals surface area (Å²) in [5, 5.41) is 8.72. The SMILES string of the molecule is C#CCN(CC(=O)O)C(=O)c1ccc(SC)cc1. The zero-order chi connectivity index (χ0) is 13.5. The maximum absolute atomic E-state index is 12.0. The number of hydrogen-bond acceptors (Lipinski definition) is 3. The second kappa shape index (κ2) is 6.72. The van der Waals surface area contributed by atoms with Crippen molar-refractivity contribution in [3.05, 3.63) is 29.8 Å². The van der Waals surface area contributed by atoms with Crippen LogP contribution >= 0.6 is 11.8 Å². The van der Waals surface area contributed by atoms with Crippen LogP contribution in [0.1, 0.15) is 10.4 Å². The van der Waals surface area contributed by atoms with Gasteiger partial charge in [-0.3, -0.25) is 9.59 Å². The van der Waals surface area contributed by atoms with E-state index in [4.69, 9.17) is 11.5 Å². The van der Waals surface area contributed by atoms with Crippen molar-refractivity contribution in [2.24, 2.45) is 0 Å². The first-order chi connectivity index (χ1) is 8.58. The number of carboxylic acid groups (broad SMARTS) is 1. The van der Waals surface area contributed by atoms with E-state index >= 15 is 0 Å². The molecule has 1 aromatic rings. The van der Waals surface area contributed by atoms with Crippen molar-refractivity contribution < 1.29 is 14.7 Å². The molecule has 94 valence electrons. The molecule has 1 rings (SSSR count). The Labute approximate surface area is 110 Å². The molecule has 1 amide bonds. The lowest BCUT2D eigenvalue weighted by atomic mass is 10.2. The summed E-state index contributed by atoms with van der Waals surface area (Å²) in [6, 6.07) is 6.96. The minimum Gasteiger partial charge on any atom is -0.480 e. The first kappa shape index (κ1) is 14.1. The summed E-state index contributed by atoms with van der Waals surface area (Å²) in [4.78, 5) is 24.8. The molecule has 0 fully saturated rings. The molecule has 0 heterocycles. The second-order valence-corrected chi connectivity index (χ2v) is 4.37. The van der Waals surface area contributed by atoms with E-state index in [2.05, 4.69) is 5.92 Å². The van der Waals surface area contributed by atoms with Crippen LogP contribution in [0.25, 0.3) is 0 Å². The number of terminal acetylenes is 1. The number of amides is 1. The molecule has 0 aliphatic carbocycles. The number of rotatable bonds is 5. The van der Waals surface area contributed by atoms with Crippen molar-refractivity contribution >= 4 is 23.6 Å². The Morgan fingerprint density at radius 1 is 1.39 bits per heavy atom. The number of carbonyl (C=O) groups is 2. The summed E-state index contributed by atoms with van der Waals surface area (Å²) in [6.07, 6.45) is 7.06. The average molecular weight is 263 g/mol. The van der Waals surface area contributed by atoms with E-state index in [1.165, 1.54) is 0 Å². The summed E-state index contributed by atoms with van der Waals surface area (Å²) in [7, 11) is 0. The van der Waals surface area contributed by atoms with Gasteiger partial charge in [0.05, 0.1) is 6.54 Å². The number of hydrogen-bond donors (Lipinski definition) is 1. The lowest BCUT2D eigenvalue weighted by Crippen LogP contribution is -2.35. The lowest BCUT2D eigenvalue weighted by molar-refractivity contribution is -0.137. The molecule has 0 spiro atoms. The molecule has 0 aromatic heterocycles. The zero-order valence-corrected chi connectivity index (χ0v) is 10.7. The van der Waals surface area contributed by atoms with E-state index in [1.54, 1.807) is 23.9 Å². The Balaban J connectivity index is 2.87. The third kappa shape index (κ3) is 3.82. The van der Waals surface area contributed by atoms with E-state index < -0.39 is 12.5 Å². The van der Waals surface area contributed by atoms with Gasteiger partial charge >= 0.3 is 5.97 Å². The van der Waals surface area contributed by atoms with E-state index in [0.717, 1.165) is 9.80 Å². The molecule has 4 nitrogen and oxygen atoms in total. The lowest BCUT2D eigenvalue weighted by Gasteiger charge is -2.17. The Morgan fingerprint density at radius 3 is 2.44 bits per heavy atom. The van der Waals surface area contributed by atoms with Crippen LogP contribution in [0, 0.1) is 12.3 Å². The van der Waals surface area contributed by atoms with Crippen LogP contribution < -0.4 is 0 Å². The van der Waals surface area contributed by atoms with Gasteiger partial charge < -0.3 is 10.0 Å². The molecule has 0 bridgehead atoms. The van der Waals surface area contributed by atoms with Gasteiger partial charge in [-0.1, -0.05) is 5.92 Å². The number of carboxylic acids is 1. The Kier molecular flexibility index (Phi) is 5.28. The van der Waals surface area contributed by atoms with Gasteiger partial charge in [0.25, 0.3) is 5.91 Å². The molecule has 0 atom stereocenters. The third-order valence-corrected chi connectivity index (χ3v) is 2.98. The quantitative estimate of drug-likeness (QED) is 0.647. The van der Waals surface area contributed by atoms with E-state index in [9.17, 15) is 9.59 Å². The molecule has 1 aromatic carbocycles. The molecule has 0 saturated heterocycles. The molecular formula is C13H13NO3S. The van der Waals surface area contributed by atoms with Gasteiger partial charge in [0.2, 0.25) is 0 Å². The third-order valence-electron chi connectivity index (χ3n) is 2.23. The van der Waals surface area contributed by atoms with Crippen molar-refractivity contribution in [1.82, 2.24) is 4.90 Å². The molecule has 1 N–H and O–H groups in total. The molecule has 5 heteroatoms. The van der Waals surface area contributed by atoms with Gasteiger partial charge in [-0.25, -0.2) is 0 Å². The number of aliphatic carboxylic acids is 1. The largest absolute Gasteiger partial charge is 0.480 e. The molecule has 18 heavy (non-hydrogen) atoms. The van der Waals surface area contributed by atoms with Crippen molar-refractivity contribution in [1.29, 1.82) is 0 Å². The van der Waals surface area contributed by atoms with E-state index in [-0.39, 0.29) is 12.5 Å². The summed E-state index contributed by atoms with van der Waals surface area (Å²) in [5.74, 6) is 0.828. The number of nitrogens with zero attached hydrogens (tertiary/aromatic N) is 1. The van der Waals surface area contributed by atoms with Crippen LogP contribution in [0.3, 0.4) is 0 Å². The molecule has 0 saturated carbocycles. The summed E-state index contributed by atoms with van der Waals surface area (Å²) in [6.45, 7) is -0.414. The van der Waals surface area contributed by atoms with Gasteiger partial charge in [-0.15, -0.1) is 18.2 Å². The maximum Gasteiger partial charge on any atom is 0.323 e. The highest BCUT2D eigenvalue weighted by Gasteiger charge is 2.17. The van der Waals surface area contributed by atoms with Crippen molar-refractivity contribution in [2.75, 3.05) is 19.3 Å². The van der Waals surface area contributed by atoms with Gasteiger partial charge in [0.15, 0.2) is 0 Å². The van der Waals surface area contributed by atoms with Gasteiger partial charge in [-0.2, -0.15) is 0 Å². The smallest absolute Gasteiger partial charge is 0.323 e. The van der Waals surface area contributed by atoms with Crippen LogP contribution in [-0.2, 0) is 4.79 Å². The van der Waals surface area contributed by atoms with Gasteiger partial charge in [0.1, 0.15) is 6.54 Å². The van der Waals surface area contributed by atoms with E-state index in [1.807, 2.05) is 18.4 Å². The molecule has 0 radical (unpaired) electrons. The van der Waals surface area contributed by atoms with Gasteiger partial charge in [0, 0.05) is 10.5 Å². The normalized spacial score (nSPS) is 9.56. The second-order valence-electron chi connectivity index (χ2n) is 3.49. The van der Waals surface area contributed by atoms with Crippen molar-refractivity contribution in [3.63, 3.8) is 0 Å². The number of carbonyl (C=O) groups excluding carboxylic acids is 1. The van der Waals surface area contributed by atoms with Crippen molar-refractivity contribution in [3.8, 4) is 12.3 Å². The predicted octanol–water partition coefficient (Wildman–Crippen LogP) is 1.57. The van der Waals surface area contributed by atoms with Crippen LogP contribution in [0.4, 0.5) is 0 Å². The first-order valence-electron chi connectivity index (χ1n) is 5.17. The fraction of sp³-hybridized carbons (Fsp3) is 0.231. The van der Waals surface area contributed by atoms with Crippen LogP contribution in [0.5, 0.6) is 0 Å². The topological polar surface area (TPSA) is 57.6 Å². The first-order valence-corrected chi connectivity index (χ1v) is 6.39. The van der Waals surface area contributed by atoms with Crippen molar-refractivity contribution in [2.45, 2.75) is 4.90 Å². The maximum atomic E-state index is 12.0.